The normalized spacial score (nSPS) is 18.5. The maximum absolute atomic E-state index is 12.8. The average Bonchev–Trinajstić information content (AvgIpc) is 2.97. The predicted octanol–water partition coefficient (Wildman–Crippen LogP) is 3.62. The van der Waals surface area contributed by atoms with Crippen LogP contribution < -0.4 is 4.74 Å². The van der Waals surface area contributed by atoms with Crippen molar-refractivity contribution in [3.8, 4) is 11.5 Å². The van der Waals surface area contributed by atoms with Gasteiger partial charge >= 0.3 is 0 Å². The lowest BCUT2D eigenvalue weighted by Gasteiger charge is -2.25. The van der Waals surface area contributed by atoms with Gasteiger partial charge in [-0.15, -0.1) is 0 Å². The van der Waals surface area contributed by atoms with Gasteiger partial charge in [-0.05, 0) is 24.1 Å². The zero-order chi connectivity index (χ0) is 20.3. The van der Waals surface area contributed by atoms with Gasteiger partial charge in [0, 0.05) is 12.1 Å². The summed E-state index contributed by atoms with van der Waals surface area (Å²) in [7, 11) is 1.43. The van der Waals surface area contributed by atoms with Gasteiger partial charge in [0.15, 0.2) is 11.5 Å². The Balaban J connectivity index is 2.18. The first-order valence-corrected chi connectivity index (χ1v) is 9.20. The Labute approximate surface area is 163 Å². The number of nitrogens with zero attached hydrogens (tertiary/aromatic N) is 1. The third-order valence-electron chi connectivity index (χ3n) is 4.86. The number of likely N-dealkylation sites (tertiary alicyclic amines) is 1. The Hall–Kier alpha value is -3.28. The molecule has 1 saturated heterocycles. The Morgan fingerprint density at radius 3 is 2.50 bits per heavy atom. The van der Waals surface area contributed by atoms with E-state index in [0.29, 0.717) is 17.7 Å². The number of aliphatic hydroxyl groups excluding tert-OH is 1. The summed E-state index contributed by atoms with van der Waals surface area (Å²) in [6.45, 7) is 2.39. The van der Waals surface area contributed by atoms with E-state index in [1.165, 1.54) is 18.1 Å². The molecule has 0 radical (unpaired) electrons. The molecular formula is C22H23NO5. The van der Waals surface area contributed by atoms with Crippen molar-refractivity contribution in [3.63, 3.8) is 0 Å². The summed E-state index contributed by atoms with van der Waals surface area (Å²) in [6.07, 6.45) is 1.58. The van der Waals surface area contributed by atoms with Crippen molar-refractivity contribution in [1.29, 1.82) is 0 Å². The summed E-state index contributed by atoms with van der Waals surface area (Å²) in [5.41, 5.74) is 1.09. The summed E-state index contributed by atoms with van der Waals surface area (Å²) in [5.74, 6) is -1.37. The van der Waals surface area contributed by atoms with Crippen LogP contribution in [0, 0.1) is 0 Å². The molecule has 28 heavy (non-hydrogen) atoms. The Bertz CT molecular complexity index is 920. The average molecular weight is 381 g/mol. The molecule has 6 nitrogen and oxygen atoms in total. The molecule has 0 aromatic heterocycles. The molecule has 1 amide bonds. The van der Waals surface area contributed by atoms with Gasteiger partial charge < -0.3 is 19.8 Å². The smallest absolute Gasteiger partial charge is 0.295 e. The zero-order valence-corrected chi connectivity index (χ0v) is 15.9. The van der Waals surface area contributed by atoms with E-state index in [-0.39, 0.29) is 22.8 Å². The number of carbonyl (C=O) groups excluding carboxylic acids is 2. The molecule has 146 valence electrons. The fraction of sp³-hybridized carbons (Fsp3) is 0.273. The highest BCUT2D eigenvalue weighted by Crippen LogP contribution is 2.41. The van der Waals surface area contributed by atoms with Crippen molar-refractivity contribution < 1.29 is 24.5 Å². The number of hydrogen-bond acceptors (Lipinski definition) is 5. The minimum absolute atomic E-state index is 0.0417. The van der Waals surface area contributed by atoms with Crippen LogP contribution in [0.4, 0.5) is 0 Å². The number of Topliss-reactive ketones (excluding diaryl/α,β-unsaturated/α-hetero) is 1. The minimum Gasteiger partial charge on any atom is -0.507 e. The van der Waals surface area contributed by atoms with Crippen molar-refractivity contribution in [3.05, 3.63) is 65.2 Å². The molecule has 1 fully saturated rings. The number of aromatic hydroxyl groups is 1. The molecule has 1 atom stereocenters. The molecule has 6 heteroatoms. The Morgan fingerprint density at radius 2 is 1.86 bits per heavy atom. The van der Waals surface area contributed by atoms with Crippen LogP contribution in [-0.4, -0.2) is 40.5 Å². The van der Waals surface area contributed by atoms with Gasteiger partial charge in [0.25, 0.3) is 11.7 Å². The van der Waals surface area contributed by atoms with Crippen LogP contribution in [0.15, 0.2) is 54.1 Å². The quantitative estimate of drug-likeness (QED) is 0.453. The molecule has 0 aliphatic carbocycles. The van der Waals surface area contributed by atoms with Crippen LogP contribution in [0.1, 0.15) is 36.9 Å². The fourth-order valence-corrected chi connectivity index (χ4v) is 3.40. The van der Waals surface area contributed by atoms with E-state index in [9.17, 15) is 19.8 Å². The molecule has 3 rings (SSSR count). The molecule has 2 aromatic carbocycles. The first-order valence-electron chi connectivity index (χ1n) is 9.20. The monoisotopic (exact) mass is 381 g/mol. The second-order valence-corrected chi connectivity index (χ2v) is 6.64. The fourth-order valence-electron chi connectivity index (χ4n) is 3.40. The van der Waals surface area contributed by atoms with Crippen molar-refractivity contribution >= 4 is 17.4 Å². The summed E-state index contributed by atoms with van der Waals surface area (Å²) in [4.78, 5) is 27.0. The van der Waals surface area contributed by atoms with E-state index >= 15 is 0 Å². The van der Waals surface area contributed by atoms with Gasteiger partial charge in [0.2, 0.25) is 0 Å². The molecule has 1 aliphatic rings. The lowest BCUT2D eigenvalue weighted by atomic mass is 9.95. The van der Waals surface area contributed by atoms with Crippen LogP contribution in [-0.2, 0) is 9.59 Å². The number of hydrogen-bond donors (Lipinski definition) is 2. The highest BCUT2D eigenvalue weighted by molar-refractivity contribution is 6.46. The largest absolute Gasteiger partial charge is 0.507 e. The maximum atomic E-state index is 12.8. The molecule has 0 saturated carbocycles. The number of aliphatic hydroxyl groups is 1. The van der Waals surface area contributed by atoms with Gasteiger partial charge in [-0.25, -0.2) is 0 Å². The topological polar surface area (TPSA) is 87.1 Å². The second kappa shape index (κ2) is 8.17. The Kier molecular flexibility index (Phi) is 5.68. The molecule has 0 unspecified atom stereocenters. The number of ketones is 1. The van der Waals surface area contributed by atoms with Crippen LogP contribution in [0.2, 0.25) is 0 Å². The van der Waals surface area contributed by atoms with Crippen molar-refractivity contribution in [2.24, 2.45) is 0 Å². The van der Waals surface area contributed by atoms with Crippen LogP contribution >= 0.6 is 0 Å². The molecule has 0 spiro atoms. The van der Waals surface area contributed by atoms with Gasteiger partial charge in [0.1, 0.15) is 5.76 Å². The SMILES string of the molecule is CCCCN1C(=O)C(=O)/C(=C(/O)c2ccccc2)[C@@H]1c1ccc(O)c(OC)c1. The van der Waals surface area contributed by atoms with Gasteiger partial charge in [-0.3, -0.25) is 9.59 Å². The maximum Gasteiger partial charge on any atom is 0.295 e. The van der Waals surface area contributed by atoms with Crippen LogP contribution in [0.3, 0.4) is 0 Å². The number of benzene rings is 2. The lowest BCUT2D eigenvalue weighted by molar-refractivity contribution is -0.139. The van der Waals surface area contributed by atoms with E-state index < -0.39 is 17.7 Å². The predicted molar refractivity (Wildman–Crippen MR) is 105 cm³/mol. The van der Waals surface area contributed by atoms with Crippen LogP contribution in [0.25, 0.3) is 5.76 Å². The third-order valence-corrected chi connectivity index (χ3v) is 4.86. The van der Waals surface area contributed by atoms with E-state index in [4.69, 9.17) is 4.74 Å². The first kappa shape index (κ1) is 19.5. The van der Waals surface area contributed by atoms with E-state index in [2.05, 4.69) is 0 Å². The number of phenolic OH excluding ortho intramolecular Hbond substituents is 1. The molecule has 1 heterocycles. The molecule has 2 N–H and O–H groups in total. The van der Waals surface area contributed by atoms with Crippen LogP contribution in [0.5, 0.6) is 11.5 Å². The number of ether oxygens (including phenoxy) is 1. The second-order valence-electron chi connectivity index (χ2n) is 6.64. The van der Waals surface area contributed by atoms with Gasteiger partial charge in [-0.2, -0.15) is 0 Å². The lowest BCUT2D eigenvalue weighted by Crippen LogP contribution is -2.30. The number of phenols is 1. The highest BCUT2D eigenvalue weighted by atomic mass is 16.5. The molecule has 0 bridgehead atoms. The summed E-state index contributed by atoms with van der Waals surface area (Å²) in [6, 6.07) is 12.6. The van der Waals surface area contributed by atoms with Crippen molar-refractivity contribution in [1.82, 2.24) is 4.90 Å². The summed E-state index contributed by atoms with van der Waals surface area (Å²) in [5, 5.41) is 20.8. The summed E-state index contributed by atoms with van der Waals surface area (Å²) >= 11 is 0. The number of rotatable bonds is 6. The molecule has 1 aliphatic heterocycles. The standard InChI is InChI=1S/C22H23NO5/c1-3-4-12-23-19(15-10-11-16(24)17(13-15)28-2)18(21(26)22(23)27)20(25)14-8-6-5-7-9-14/h5-11,13,19,24-25H,3-4,12H2,1-2H3/b20-18+/t19-/m0/s1. The van der Waals surface area contributed by atoms with E-state index in [1.54, 1.807) is 42.5 Å². The summed E-state index contributed by atoms with van der Waals surface area (Å²) < 4.78 is 5.18. The van der Waals surface area contributed by atoms with Crippen molar-refractivity contribution in [2.75, 3.05) is 13.7 Å². The number of methoxy groups -OCH3 is 1. The van der Waals surface area contributed by atoms with E-state index in [0.717, 1.165) is 12.8 Å². The van der Waals surface area contributed by atoms with Gasteiger partial charge in [0.05, 0.1) is 18.7 Å². The third kappa shape index (κ3) is 3.45. The van der Waals surface area contributed by atoms with Crippen molar-refractivity contribution in [2.45, 2.75) is 25.8 Å². The first-order chi connectivity index (χ1) is 13.5. The number of unbranched alkanes of at least 4 members (excludes halogenated alkanes) is 1. The highest BCUT2D eigenvalue weighted by Gasteiger charge is 2.45. The van der Waals surface area contributed by atoms with Gasteiger partial charge in [-0.1, -0.05) is 49.7 Å². The Morgan fingerprint density at radius 1 is 1.14 bits per heavy atom. The van der Waals surface area contributed by atoms with E-state index in [1.807, 2.05) is 6.92 Å². The number of amides is 1. The zero-order valence-electron chi connectivity index (χ0n) is 15.9. The molecule has 2 aromatic rings. The molecular weight excluding hydrogens is 358 g/mol. The number of carbonyl (C=O) groups is 2. The minimum atomic E-state index is -0.749.